The zero-order valence-electron chi connectivity index (χ0n) is 14.3. The second-order valence-electron chi connectivity index (χ2n) is 5.71. The van der Waals surface area contributed by atoms with Crippen LogP contribution in [0.5, 0.6) is 0 Å². The number of nitrogens with zero attached hydrogens (tertiary/aromatic N) is 1. The van der Waals surface area contributed by atoms with Gasteiger partial charge in [-0.2, -0.15) is 0 Å². The van der Waals surface area contributed by atoms with Crippen molar-refractivity contribution in [2.45, 2.75) is 71.4 Å². The van der Waals surface area contributed by atoms with E-state index in [1.807, 2.05) is 20.9 Å². The minimum Gasteiger partial charge on any atom is -0.465 e. The van der Waals surface area contributed by atoms with E-state index >= 15 is 0 Å². The number of carbonyl (C=O) groups is 1. The van der Waals surface area contributed by atoms with Crippen LogP contribution in [0.2, 0.25) is 0 Å². The summed E-state index contributed by atoms with van der Waals surface area (Å²) < 4.78 is 5.14. The molecule has 120 valence electrons. The third-order valence-corrected chi connectivity index (χ3v) is 4.28. The fourth-order valence-electron chi connectivity index (χ4n) is 2.55. The van der Waals surface area contributed by atoms with Crippen molar-refractivity contribution in [3.05, 3.63) is 0 Å². The topological polar surface area (TPSA) is 41.6 Å². The van der Waals surface area contributed by atoms with Crippen molar-refractivity contribution < 1.29 is 9.53 Å². The van der Waals surface area contributed by atoms with Gasteiger partial charge in [-0.15, -0.1) is 0 Å². The van der Waals surface area contributed by atoms with Crippen LogP contribution >= 0.6 is 0 Å². The zero-order valence-corrected chi connectivity index (χ0v) is 14.3. The maximum absolute atomic E-state index is 11.9. The molecule has 0 spiro atoms. The first-order chi connectivity index (χ1) is 9.45. The lowest BCUT2D eigenvalue weighted by Crippen LogP contribution is -2.48. The molecule has 0 heterocycles. The molecule has 0 aliphatic heterocycles. The second kappa shape index (κ2) is 10.2. The number of unbranched alkanes of at least 4 members (excludes halogenated alkanes) is 1. The summed E-state index contributed by atoms with van der Waals surface area (Å²) in [6.07, 6.45) is 5.36. The Morgan fingerprint density at radius 1 is 1.25 bits per heavy atom. The highest BCUT2D eigenvalue weighted by molar-refractivity contribution is 5.80. The van der Waals surface area contributed by atoms with Gasteiger partial charge in [0.05, 0.1) is 6.61 Å². The average molecular weight is 286 g/mol. The quantitative estimate of drug-likeness (QED) is 0.468. The van der Waals surface area contributed by atoms with Gasteiger partial charge < -0.3 is 15.0 Å². The van der Waals surface area contributed by atoms with Crippen LogP contribution in [0.25, 0.3) is 0 Å². The largest absolute Gasteiger partial charge is 0.465 e. The average Bonchev–Trinajstić information content (AvgIpc) is 2.44. The molecule has 0 aromatic carbocycles. The van der Waals surface area contributed by atoms with E-state index in [1.165, 1.54) is 12.8 Å². The molecular weight excluding hydrogens is 252 g/mol. The number of hydrogen-bond donors (Lipinski definition) is 1. The maximum atomic E-state index is 11.9. The smallest absolute Gasteiger partial charge is 0.326 e. The minimum absolute atomic E-state index is 0.143. The number of carbonyl (C=O) groups excluding carboxylic acids is 1. The Bertz CT molecular complexity index is 267. The van der Waals surface area contributed by atoms with E-state index in [2.05, 4.69) is 31.1 Å². The van der Waals surface area contributed by atoms with Crippen molar-refractivity contribution in [1.29, 1.82) is 0 Å². The highest BCUT2D eigenvalue weighted by Gasteiger charge is 2.32. The van der Waals surface area contributed by atoms with E-state index in [0.717, 1.165) is 25.8 Å². The van der Waals surface area contributed by atoms with Gasteiger partial charge in [0.2, 0.25) is 0 Å². The lowest BCUT2D eigenvalue weighted by atomic mass is 9.95. The number of ether oxygens (including phenoxy) is 1. The Morgan fingerprint density at radius 2 is 1.85 bits per heavy atom. The zero-order chi connectivity index (χ0) is 15.6. The molecule has 20 heavy (non-hydrogen) atoms. The molecule has 0 rings (SSSR count). The fraction of sp³-hybridized carbons (Fsp3) is 0.938. The molecule has 1 unspecified atom stereocenters. The third-order valence-electron chi connectivity index (χ3n) is 4.28. The Hall–Kier alpha value is -0.610. The van der Waals surface area contributed by atoms with Crippen LogP contribution in [0.4, 0.5) is 0 Å². The van der Waals surface area contributed by atoms with Crippen molar-refractivity contribution >= 4 is 5.97 Å². The van der Waals surface area contributed by atoms with Gasteiger partial charge in [0, 0.05) is 6.04 Å². The van der Waals surface area contributed by atoms with Crippen molar-refractivity contribution in [2.24, 2.45) is 0 Å². The van der Waals surface area contributed by atoms with E-state index in [0.29, 0.717) is 12.6 Å². The summed E-state index contributed by atoms with van der Waals surface area (Å²) in [5.74, 6) is -0.143. The molecule has 0 aliphatic carbocycles. The summed E-state index contributed by atoms with van der Waals surface area (Å²) in [4.78, 5) is 14.4. The van der Waals surface area contributed by atoms with Crippen LogP contribution in [0.3, 0.4) is 0 Å². The van der Waals surface area contributed by atoms with Crippen LogP contribution in [-0.4, -0.2) is 49.7 Å². The molecule has 4 heteroatoms. The SMILES string of the molecule is CCOC(=O)C(C)(CCCCN(C)C(CC)CC)NC. The van der Waals surface area contributed by atoms with E-state index in [1.54, 1.807) is 0 Å². The molecule has 0 aliphatic rings. The number of nitrogens with one attached hydrogen (secondary N) is 1. The van der Waals surface area contributed by atoms with Gasteiger partial charge in [-0.25, -0.2) is 0 Å². The van der Waals surface area contributed by atoms with Gasteiger partial charge >= 0.3 is 5.97 Å². The van der Waals surface area contributed by atoms with Crippen LogP contribution in [0.15, 0.2) is 0 Å². The lowest BCUT2D eigenvalue weighted by Gasteiger charge is -2.28. The highest BCUT2D eigenvalue weighted by atomic mass is 16.5. The van der Waals surface area contributed by atoms with Gasteiger partial charge in [-0.3, -0.25) is 4.79 Å². The van der Waals surface area contributed by atoms with E-state index in [9.17, 15) is 4.79 Å². The van der Waals surface area contributed by atoms with Crippen molar-refractivity contribution in [2.75, 3.05) is 27.2 Å². The molecule has 0 aromatic heterocycles. The molecule has 0 saturated heterocycles. The van der Waals surface area contributed by atoms with Crippen molar-refractivity contribution in [3.63, 3.8) is 0 Å². The first kappa shape index (κ1) is 19.4. The molecule has 4 nitrogen and oxygen atoms in total. The van der Waals surface area contributed by atoms with Gasteiger partial charge in [0.1, 0.15) is 5.54 Å². The molecule has 0 saturated carbocycles. The first-order valence-electron chi connectivity index (χ1n) is 8.01. The summed E-state index contributed by atoms with van der Waals surface area (Å²) in [6.45, 7) is 9.78. The van der Waals surface area contributed by atoms with E-state index in [-0.39, 0.29) is 5.97 Å². The molecule has 0 amide bonds. The standard InChI is InChI=1S/C16H34N2O2/c1-7-14(8-2)18(6)13-11-10-12-16(4,17-5)15(19)20-9-3/h14,17H,7-13H2,1-6H3. The van der Waals surface area contributed by atoms with E-state index in [4.69, 9.17) is 4.74 Å². The van der Waals surface area contributed by atoms with Crippen LogP contribution in [0, 0.1) is 0 Å². The third kappa shape index (κ3) is 6.23. The normalized spacial score (nSPS) is 14.6. The number of hydrogen-bond acceptors (Lipinski definition) is 4. The number of rotatable bonds is 11. The molecule has 0 aromatic rings. The summed E-state index contributed by atoms with van der Waals surface area (Å²) in [5, 5.41) is 3.11. The summed E-state index contributed by atoms with van der Waals surface area (Å²) in [7, 11) is 4.02. The molecule has 0 fully saturated rings. The van der Waals surface area contributed by atoms with E-state index < -0.39 is 5.54 Å². The fourth-order valence-corrected chi connectivity index (χ4v) is 2.55. The first-order valence-corrected chi connectivity index (χ1v) is 8.01. The Kier molecular flexibility index (Phi) is 9.86. The number of likely N-dealkylation sites (N-methyl/N-ethyl adjacent to an activating group) is 1. The highest BCUT2D eigenvalue weighted by Crippen LogP contribution is 2.16. The molecule has 1 N–H and O–H groups in total. The molecular formula is C16H34N2O2. The van der Waals surface area contributed by atoms with Crippen molar-refractivity contribution in [3.8, 4) is 0 Å². The van der Waals surface area contributed by atoms with Crippen LogP contribution < -0.4 is 5.32 Å². The Labute approximate surface area is 125 Å². The van der Waals surface area contributed by atoms with Gasteiger partial charge in [0.25, 0.3) is 0 Å². The lowest BCUT2D eigenvalue weighted by molar-refractivity contribution is -0.150. The number of esters is 1. The Balaban J connectivity index is 4.11. The predicted molar refractivity (Wildman–Crippen MR) is 84.9 cm³/mol. The summed E-state index contributed by atoms with van der Waals surface area (Å²) in [6, 6.07) is 0.677. The minimum atomic E-state index is -0.552. The van der Waals surface area contributed by atoms with Gasteiger partial charge in [-0.1, -0.05) is 13.8 Å². The van der Waals surface area contributed by atoms with Crippen molar-refractivity contribution in [1.82, 2.24) is 10.2 Å². The van der Waals surface area contributed by atoms with Gasteiger partial charge in [0.15, 0.2) is 0 Å². The van der Waals surface area contributed by atoms with Crippen LogP contribution in [0.1, 0.15) is 59.8 Å². The second-order valence-corrected chi connectivity index (χ2v) is 5.71. The van der Waals surface area contributed by atoms with Crippen LogP contribution in [-0.2, 0) is 9.53 Å². The monoisotopic (exact) mass is 286 g/mol. The molecule has 0 bridgehead atoms. The Morgan fingerprint density at radius 3 is 2.30 bits per heavy atom. The molecule has 0 radical (unpaired) electrons. The molecule has 1 atom stereocenters. The summed E-state index contributed by atoms with van der Waals surface area (Å²) >= 11 is 0. The summed E-state index contributed by atoms with van der Waals surface area (Å²) in [5.41, 5.74) is -0.552. The predicted octanol–water partition coefficient (Wildman–Crippen LogP) is 2.82. The maximum Gasteiger partial charge on any atom is 0.326 e. The van der Waals surface area contributed by atoms with Gasteiger partial charge in [-0.05, 0) is 66.6 Å².